The van der Waals surface area contributed by atoms with Gasteiger partial charge in [0.25, 0.3) is 0 Å². The first-order valence-electron chi connectivity index (χ1n) is 11.0. The molecule has 1 amide bonds. The van der Waals surface area contributed by atoms with Crippen LogP contribution >= 0.6 is 11.3 Å². The number of carbonyl (C=O) groups excluding carboxylic acids is 1. The van der Waals surface area contributed by atoms with Gasteiger partial charge in [-0.2, -0.15) is 0 Å². The quantitative estimate of drug-likeness (QED) is 0.356. The molecule has 5 rings (SSSR count). The molecule has 2 aliphatic heterocycles. The second-order valence-corrected chi connectivity index (χ2v) is 9.14. The normalized spacial score (nSPS) is 18.0. The summed E-state index contributed by atoms with van der Waals surface area (Å²) in [6, 6.07) is 11.5. The molecule has 4 heterocycles. The van der Waals surface area contributed by atoms with Gasteiger partial charge in [0.05, 0.1) is 34.0 Å². The number of piperazine rings is 1. The van der Waals surface area contributed by atoms with Crippen molar-refractivity contribution in [3.05, 3.63) is 70.8 Å². The molecule has 1 atom stereocenters. The average molecular weight is 500 g/mol. The molecule has 2 aliphatic rings. The van der Waals surface area contributed by atoms with Gasteiger partial charge in [-0.25, -0.2) is 9.18 Å². The van der Waals surface area contributed by atoms with Crippen LogP contribution in [0.2, 0.25) is 0 Å². The minimum Gasteiger partial charge on any atom is -0.488 e. The Balaban J connectivity index is 1.19. The number of hydrogen-bond donors (Lipinski definition) is 0. The van der Waals surface area contributed by atoms with E-state index in [9.17, 15) is 14.9 Å². The summed E-state index contributed by atoms with van der Waals surface area (Å²) in [5, 5.41) is 11.9. The van der Waals surface area contributed by atoms with Crippen LogP contribution in [0.4, 0.5) is 30.6 Å². The van der Waals surface area contributed by atoms with Crippen molar-refractivity contribution in [1.82, 2.24) is 4.98 Å². The van der Waals surface area contributed by atoms with Gasteiger partial charge in [0.2, 0.25) is 0 Å². The molecule has 182 valence electrons. The lowest BCUT2D eigenvalue weighted by molar-refractivity contribution is -0.380. The minimum absolute atomic E-state index is 0.107. The largest absolute Gasteiger partial charge is 0.488 e. The molecule has 2 fully saturated rings. The summed E-state index contributed by atoms with van der Waals surface area (Å²) in [4.78, 5) is 32.3. The van der Waals surface area contributed by atoms with E-state index in [2.05, 4.69) is 9.88 Å². The molecule has 0 aliphatic carbocycles. The van der Waals surface area contributed by atoms with E-state index in [-0.39, 0.29) is 18.2 Å². The zero-order chi connectivity index (χ0) is 24.4. The first kappa shape index (κ1) is 22.8. The molecule has 10 nitrogen and oxygen atoms in total. The van der Waals surface area contributed by atoms with Crippen LogP contribution in [0, 0.1) is 15.9 Å². The van der Waals surface area contributed by atoms with Gasteiger partial charge in [-0.3, -0.25) is 20.0 Å². The Morgan fingerprint density at radius 2 is 1.97 bits per heavy atom. The van der Waals surface area contributed by atoms with Crippen LogP contribution in [-0.2, 0) is 4.74 Å². The van der Waals surface area contributed by atoms with Crippen LogP contribution in [-0.4, -0.2) is 61.4 Å². The van der Waals surface area contributed by atoms with Crippen molar-refractivity contribution in [2.75, 3.05) is 54.0 Å². The lowest BCUT2D eigenvalue weighted by Crippen LogP contribution is -2.46. The van der Waals surface area contributed by atoms with Crippen LogP contribution in [0.25, 0.3) is 0 Å². The molecule has 35 heavy (non-hydrogen) atoms. The highest BCUT2D eigenvalue weighted by Crippen LogP contribution is 2.33. The van der Waals surface area contributed by atoms with Crippen LogP contribution < -0.4 is 19.4 Å². The van der Waals surface area contributed by atoms with Crippen molar-refractivity contribution < 1.29 is 23.6 Å². The Hall–Kier alpha value is -3.93. The van der Waals surface area contributed by atoms with E-state index in [0.717, 1.165) is 16.3 Å². The second kappa shape index (κ2) is 9.74. The van der Waals surface area contributed by atoms with E-state index in [1.807, 2.05) is 4.90 Å². The van der Waals surface area contributed by atoms with Gasteiger partial charge in [-0.15, -0.1) is 0 Å². The number of amides is 1. The maximum atomic E-state index is 15.1. The topological polar surface area (TPSA) is 101 Å². The highest BCUT2D eigenvalue weighted by Gasteiger charge is 2.33. The lowest BCUT2D eigenvalue weighted by Gasteiger charge is -2.36. The number of cyclic esters (lactones) is 1. The third-order valence-electron chi connectivity index (χ3n) is 5.88. The number of hydrogen-bond acceptors (Lipinski definition) is 9. The molecule has 3 aromatic rings. The summed E-state index contributed by atoms with van der Waals surface area (Å²) in [6.07, 6.45) is 2.19. The molecule has 0 unspecified atom stereocenters. The van der Waals surface area contributed by atoms with Gasteiger partial charge in [0, 0.05) is 38.4 Å². The first-order valence-corrected chi connectivity index (χ1v) is 11.8. The highest BCUT2D eigenvalue weighted by atomic mass is 32.1. The molecular formula is C23H22FN5O5S. The number of benzene rings is 1. The van der Waals surface area contributed by atoms with Gasteiger partial charge in [-0.1, -0.05) is 0 Å². The Bertz CT molecular complexity index is 1220. The Morgan fingerprint density at radius 1 is 1.17 bits per heavy atom. The average Bonchev–Trinajstić information content (AvgIpc) is 3.51. The smallest absolute Gasteiger partial charge is 0.414 e. The van der Waals surface area contributed by atoms with E-state index >= 15 is 4.39 Å². The molecule has 0 radical (unpaired) electrons. The summed E-state index contributed by atoms with van der Waals surface area (Å²) in [5.74, 6) is 0.153. The van der Waals surface area contributed by atoms with E-state index in [1.54, 1.807) is 42.7 Å². The third-order valence-corrected chi connectivity index (χ3v) is 6.97. The van der Waals surface area contributed by atoms with Crippen molar-refractivity contribution in [3.63, 3.8) is 0 Å². The third kappa shape index (κ3) is 4.97. The summed E-state index contributed by atoms with van der Waals surface area (Å²) < 4.78 is 26.0. The second-order valence-electron chi connectivity index (χ2n) is 8.09. The van der Waals surface area contributed by atoms with Gasteiger partial charge in [0.1, 0.15) is 18.2 Å². The maximum absolute atomic E-state index is 15.1. The van der Waals surface area contributed by atoms with Crippen molar-refractivity contribution in [2.45, 2.75) is 6.10 Å². The Labute approximate surface area is 204 Å². The number of nitro groups is 1. The number of nitrogens with zero attached hydrogens (tertiary/aromatic N) is 5. The number of aromatic nitrogens is 1. The SMILES string of the molecule is O=C1O[C@@H](COc2cccnc2)CN1c1ccc(N2CCN(c3ccc([N+](=O)[O-])s3)CC2)c(F)c1. The molecule has 0 N–H and O–H groups in total. The van der Waals surface area contributed by atoms with Crippen molar-refractivity contribution >= 4 is 38.8 Å². The Kier molecular flexibility index (Phi) is 6.36. The van der Waals surface area contributed by atoms with Crippen LogP contribution in [0.5, 0.6) is 5.75 Å². The van der Waals surface area contributed by atoms with Gasteiger partial charge in [-0.05, 0) is 47.7 Å². The number of anilines is 3. The monoisotopic (exact) mass is 499 g/mol. The van der Waals surface area contributed by atoms with Gasteiger partial charge >= 0.3 is 11.1 Å². The summed E-state index contributed by atoms with van der Waals surface area (Å²) in [5.41, 5.74) is 0.874. The van der Waals surface area contributed by atoms with E-state index in [4.69, 9.17) is 9.47 Å². The lowest BCUT2D eigenvalue weighted by atomic mass is 10.2. The fraction of sp³-hybridized carbons (Fsp3) is 0.304. The van der Waals surface area contributed by atoms with Gasteiger partial charge < -0.3 is 19.3 Å². The molecule has 0 bridgehead atoms. The maximum Gasteiger partial charge on any atom is 0.414 e. The zero-order valence-electron chi connectivity index (χ0n) is 18.6. The van der Waals surface area contributed by atoms with Crippen molar-refractivity contribution in [1.29, 1.82) is 0 Å². The molecule has 2 aromatic heterocycles. The number of thiophene rings is 1. The number of carbonyl (C=O) groups is 1. The minimum atomic E-state index is -0.546. The first-order chi connectivity index (χ1) is 17.0. The standard InChI is InChI=1S/C23H22FN5O5S/c24-19-12-16(28-14-18(34-23(28)30)15-33-17-2-1-7-25-13-17)3-4-20(19)26-8-10-27(11-9-26)21-5-6-22(35-21)29(31)32/h1-7,12-13,18H,8-11,14-15H2/t18-/m1/s1. The van der Waals surface area contributed by atoms with Crippen LogP contribution in [0.3, 0.4) is 0 Å². The molecular weight excluding hydrogens is 477 g/mol. The number of ether oxygens (including phenoxy) is 2. The van der Waals surface area contributed by atoms with Crippen LogP contribution in [0.15, 0.2) is 54.9 Å². The van der Waals surface area contributed by atoms with E-state index in [0.29, 0.717) is 43.3 Å². The molecule has 1 aromatic carbocycles. The van der Waals surface area contributed by atoms with Gasteiger partial charge in [0.15, 0.2) is 6.10 Å². The predicted molar refractivity (Wildman–Crippen MR) is 129 cm³/mol. The summed E-state index contributed by atoms with van der Waals surface area (Å²) in [7, 11) is 0. The highest BCUT2D eigenvalue weighted by molar-refractivity contribution is 7.19. The predicted octanol–water partition coefficient (Wildman–Crippen LogP) is 3.92. The molecule has 2 saturated heterocycles. The molecule has 12 heteroatoms. The fourth-order valence-corrected chi connectivity index (χ4v) is 4.99. The molecule has 0 saturated carbocycles. The number of halogens is 1. The van der Waals surface area contributed by atoms with Crippen molar-refractivity contribution in [3.8, 4) is 5.75 Å². The molecule has 0 spiro atoms. The number of pyridine rings is 1. The fourth-order valence-electron chi connectivity index (χ4n) is 4.11. The van der Waals surface area contributed by atoms with Crippen LogP contribution in [0.1, 0.15) is 0 Å². The summed E-state index contributed by atoms with van der Waals surface area (Å²) in [6.45, 7) is 2.81. The Morgan fingerprint density at radius 3 is 2.66 bits per heavy atom. The zero-order valence-corrected chi connectivity index (χ0v) is 19.4. The number of rotatable bonds is 7. The van der Waals surface area contributed by atoms with E-state index < -0.39 is 22.9 Å². The van der Waals surface area contributed by atoms with Crippen molar-refractivity contribution in [2.24, 2.45) is 0 Å². The summed E-state index contributed by atoms with van der Waals surface area (Å²) >= 11 is 1.14. The van der Waals surface area contributed by atoms with E-state index in [1.165, 1.54) is 17.0 Å².